The first-order valence-electron chi connectivity index (χ1n) is 10.3. The third-order valence-electron chi connectivity index (χ3n) is 4.53. The number of hydrogen-bond donors (Lipinski definition) is 7. The third-order valence-corrected chi connectivity index (χ3v) is 4.53. The first kappa shape index (κ1) is 27.4. The van der Waals surface area contributed by atoms with Gasteiger partial charge in [-0.2, -0.15) is 0 Å². The molecule has 0 aliphatic carbocycles. The number of nitrogens with two attached hydrogens (primary N) is 2. The molecule has 1 aromatic carbocycles. The molecule has 0 saturated carbocycles. The number of carbonyl (C=O) groups is 5. The van der Waals surface area contributed by atoms with Crippen LogP contribution in [0.4, 0.5) is 0 Å². The Balaban J connectivity index is 2.68. The summed E-state index contributed by atoms with van der Waals surface area (Å²) in [5.41, 5.74) is 11.2. The molecule has 0 bridgehead atoms. The second-order valence-electron chi connectivity index (χ2n) is 8.01. The second-order valence-corrected chi connectivity index (χ2v) is 8.01. The molecule has 0 heterocycles. The highest BCUT2D eigenvalue weighted by Crippen LogP contribution is 2.11. The fraction of sp³-hybridized carbons (Fsp3) is 0.476. The molecular formula is C21H31N5O7. The molecule has 3 unspecified atom stereocenters. The molecule has 0 aliphatic heterocycles. The summed E-state index contributed by atoms with van der Waals surface area (Å²) in [5.74, 6) is -4.15. The van der Waals surface area contributed by atoms with Gasteiger partial charge in [0.1, 0.15) is 17.8 Å². The number of aliphatic carboxylic acids is 1. The van der Waals surface area contributed by atoms with Crippen LogP contribution in [0.5, 0.6) is 5.75 Å². The van der Waals surface area contributed by atoms with E-state index in [9.17, 15) is 34.2 Å². The van der Waals surface area contributed by atoms with Gasteiger partial charge in [-0.15, -0.1) is 0 Å². The van der Waals surface area contributed by atoms with Gasteiger partial charge < -0.3 is 37.6 Å². The van der Waals surface area contributed by atoms with Crippen molar-refractivity contribution in [2.45, 2.75) is 51.2 Å². The molecule has 12 heteroatoms. The number of phenolic OH excluding ortho intramolecular Hbond substituents is 1. The Morgan fingerprint density at radius 2 is 1.58 bits per heavy atom. The molecular weight excluding hydrogens is 434 g/mol. The molecule has 33 heavy (non-hydrogen) atoms. The van der Waals surface area contributed by atoms with Crippen LogP contribution in [0.2, 0.25) is 0 Å². The molecule has 0 aromatic heterocycles. The van der Waals surface area contributed by atoms with E-state index in [1.165, 1.54) is 24.3 Å². The minimum absolute atomic E-state index is 0.00365. The van der Waals surface area contributed by atoms with E-state index >= 15 is 0 Å². The fourth-order valence-electron chi connectivity index (χ4n) is 2.89. The Bertz CT molecular complexity index is 857. The quantitative estimate of drug-likeness (QED) is 0.179. The van der Waals surface area contributed by atoms with Gasteiger partial charge in [0.15, 0.2) is 0 Å². The van der Waals surface area contributed by atoms with Crippen LogP contribution < -0.4 is 27.4 Å². The number of primary amides is 1. The van der Waals surface area contributed by atoms with Crippen LogP contribution >= 0.6 is 0 Å². The molecule has 0 aliphatic rings. The van der Waals surface area contributed by atoms with Crippen molar-refractivity contribution in [3.05, 3.63) is 29.8 Å². The van der Waals surface area contributed by atoms with Crippen LogP contribution in [-0.4, -0.2) is 64.5 Å². The van der Waals surface area contributed by atoms with Gasteiger partial charge in [-0.25, -0.2) is 4.79 Å². The summed E-state index contributed by atoms with van der Waals surface area (Å²) in [4.78, 5) is 59.3. The van der Waals surface area contributed by atoms with E-state index in [0.717, 1.165) is 0 Å². The lowest BCUT2D eigenvalue weighted by Gasteiger charge is -2.22. The Morgan fingerprint density at radius 1 is 0.970 bits per heavy atom. The van der Waals surface area contributed by atoms with Gasteiger partial charge in [0.05, 0.1) is 19.0 Å². The third kappa shape index (κ3) is 10.5. The number of carboxylic acid groups (broad SMARTS) is 1. The van der Waals surface area contributed by atoms with E-state index in [4.69, 9.17) is 11.5 Å². The smallest absolute Gasteiger partial charge is 0.326 e. The summed E-state index contributed by atoms with van der Waals surface area (Å²) >= 11 is 0. The Kier molecular flexibility index (Phi) is 10.8. The molecule has 1 rings (SSSR count). The Hall–Kier alpha value is -3.67. The van der Waals surface area contributed by atoms with Gasteiger partial charge in [0.25, 0.3) is 0 Å². The van der Waals surface area contributed by atoms with Crippen molar-refractivity contribution in [2.75, 3.05) is 6.54 Å². The SMILES string of the molecule is CC(C)CC(NC(=O)C(N)CC(N)=O)C(=O)NCC(=O)NC(Cc1ccc(O)cc1)C(=O)O. The number of carboxylic acids is 1. The van der Waals surface area contributed by atoms with Crippen LogP contribution in [0.15, 0.2) is 24.3 Å². The van der Waals surface area contributed by atoms with Crippen molar-refractivity contribution < 1.29 is 34.2 Å². The second kappa shape index (κ2) is 13.0. The van der Waals surface area contributed by atoms with Crippen molar-refractivity contribution in [2.24, 2.45) is 17.4 Å². The summed E-state index contributed by atoms with van der Waals surface area (Å²) in [7, 11) is 0. The first-order valence-corrected chi connectivity index (χ1v) is 10.3. The number of hydrogen-bond acceptors (Lipinski definition) is 7. The largest absolute Gasteiger partial charge is 0.508 e. The molecule has 0 fully saturated rings. The number of benzene rings is 1. The average Bonchev–Trinajstić information content (AvgIpc) is 2.71. The standard InChI is InChI=1S/C21H31N5O7/c1-11(2)7-15(26-19(30)14(22)9-17(23)28)20(31)24-10-18(29)25-16(21(32)33)8-12-3-5-13(27)6-4-12/h3-6,11,14-16,27H,7-10,22H2,1-2H3,(H2,23,28)(H,24,31)(H,25,29)(H,26,30)(H,32,33). The molecule has 4 amide bonds. The van der Waals surface area contributed by atoms with E-state index in [2.05, 4.69) is 16.0 Å². The predicted molar refractivity (Wildman–Crippen MR) is 118 cm³/mol. The lowest BCUT2D eigenvalue weighted by atomic mass is 10.0. The van der Waals surface area contributed by atoms with Gasteiger partial charge in [0.2, 0.25) is 23.6 Å². The van der Waals surface area contributed by atoms with Crippen molar-refractivity contribution in [3.8, 4) is 5.75 Å². The maximum absolute atomic E-state index is 12.5. The zero-order valence-electron chi connectivity index (χ0n) is 18.5. The summed E-state index contributed by atoms with van der Waals surface area (Å²) in [6.07, 6.45) is -0.179. The first-order chi connectivity index (χ1) is 15.4. The molecule has 0 saturated heterocycles. The molecule has 0 radical (unpaired) electrons. The van der Waals surface area contributed by atoms with Crippen LogP contribution in [-0.2, 0) is 30.4 Å². The summed E-state index contributed by atoms with van der Waals surface area (Å²) in [6.45, 7) is 3.13. The van der Waals surface area contributed by atoms with E-state index in [0.29, 0.717) is 5.56 Å². The van der Waals surface area contributed by atoms with Crippen molar-refractivity contribution >= 4 is 29.6 Å². The normalized spacial score (nSPS) is 13.5. The topological polar surface area (TPSA) is 214 Å². The number of aromatic hydroxyl groups is 1. The van der Waals surface area contributed by atoms with Crippen LogP contribution in [0.3, 0.4) is 0 Å². The minimum Gasteiger partial charge on any atom is -0.508 e. The average molecular weight is 466 g/mol. The van der Waals surface area contributed by atoms with Crippen LogP contribution in [0.25, 0.3) is 0 Å². The number of nitrogens with one attached hydrogen (secondary N) is 3. The number of rotatable bonds is 13. The highest BCUT2D eigenvalue weighted by atomic mass is 16.4. The zero-order chi connectivity index (χ0) is 25.1. The fourth-order valence-corrected chi connectivity index (χ4v) is 2.89. The van der Waals surface area contributed by atoms with Crippen molar-refractivity contribution in [3.63, 3.8) is 0 Å². The minimum atomic E-state index is -1.27. The zero-order valence-corrected chi connectivity index (χ0v) is 18.5. The number of phenols is 1. The van der Waals surface area contributed by atoms with Crippen LogP contribution in [0, 0.1) is 5.92 Å². The van der Waals surface area contributed by atoms with E-state index in [1.807, 2.05) is 13.8 Å². The van der Waals surface area contributed by atoms with Crippen molar-refractivity contribution in [1.29, 1.82) is 0 Å². The number of carbonyl (C=O) groups excluding carboxylic acids is 4. The molecule has 12 nitrogen and oxygen atoms in total. The molecule has 0 spiro atoms. The maximum atomic E-state index is 12.5. The van der Waals surface area contributed by atoms with E-state index in [1.54, 1.807) is 0 Å². The highest BCUT2D eigenvalue weighted by molar-refractivity contribution is 5.93. The highest BCUT2D eigenvalue weighted by Gasteiger charge is 2.26. The maximum Gasteiger partial charge on any atom is 0.326 e. The molecule has 1 aromatic rings. The van der Waals surface area contributed by atoms with Gasteiger partial charge in [-0.1, -0.05) is 26.0 Å². The summed E-state index contributed by atoms with van der Waals surface area (Å²) < 4.78 is 0. The molecule has 9 N–H and O–H groups in total. The van der Waals surface area contributed by atoms with E-state index in [-0.39, 0.29) is 30.9 Å². The Morgan fingerprint density at radius 3 is 2.09 bits per heavy atom. The van der Waals surface area contributed by atoms with Gasteiger partial charge in [-0.05, 0) is 30.0 Å². The van der Waals surface area contributed by atoms with Crippen molar-refractivity contribution in [1.82, 2.24) is 16.0 Å². The van der Waals surface area contributed by atoms with Gasteiger partial charge in [0, 0.05) is 6.42 Å². The molecule has 3 atom stereocenters. The summed E-state index contributed by atoms with van der Waals surface area (Å²) in [6, 6.07) is 2.37. The molecule has 182 valence electrons. The summed E-state index contributed by atoms with van der Waals surface area (Å²) in [5, 5.41) is 25.8. The monoisotopic (exact) mass is 465 g/mol. The van der Waals surface area contributed by atoms with Crippen LogP contribution in [0.1, 0.15) is 32.3 Å². The van der Waals surface area contributed by atoms with E-state index < -0.39 is 54.3 Å². The van der Waals surface area contributed by atoms with Gasteiger partial charge >= 0.3 is 5.97 Å². The predicted octanol–water partition coefficient (Wildman–Crippen LogP) is -1.65. The van der Waals surface area contributed by atoms with Gasteiger partial charge in [-0.3, -0.25) is 19.2 Å². The lowest BCUT2D eigenvalue weighted by Crippen LogP contribution is -2.54. The number of amides is 4. The lowest BCUT2D eigenvalue weighted by molar-refractivity contribution is -0.141. The Labute approximate surface area is 191 Å².